The second-order valence-electron chi connectivity index (χ2n) is 6.51. The zero-order valence-corrected chi connectivity index (χ0v) is 14.5. The van der Waals surface area contributed by atoms with Crippen LogP contribution < -0.4 is 0 Å². The molecule has 0 unspecified atom stereocenters. The smallest absolute Gasteiger partial charge is 0.308 e. The van der Waals surface area contributed by atoms with Gasteiger partial charge < -0.3 is 14.5 Å². The van der Waals surface area contributed by atoms with E-state index in [1.807, 2.05) is 0 Å². The molecule has 122 valence electrons. The van der Waals surface area contributed by atoms with E-state index in [4.69, 9.17) is 4.74 Å². The van der Waals surface area contributed by atoms with Gasteiger partial charge in [-0.05, 0) is 45.4 Å². The molecule has 2 heterocycles. The molecule has 0 aromatic heterocycles. The van der Waals surface area contributed by atoms with E-state index in [0.717, 1.165) is 36.4 Å². The molecule has 4 nitrogen and oxygen atoms in total. The highest BCUT2D eigenvalue weighted by molar-refractivity contribution is 8.00. The van der Waals surface area contributed by atoms with Crippen LogP contribution in [0.5, 0.6) is 0 Å². The van der Waals surface area contributed by atoms with E-state index < -0.39 is 0 Å². The van der Waals surface area contributed by atoms with Crippen LogP contribution in [0.15, 0.2) is 0 Å². The number of thioether (sulfide) groups is 1. The monoisotopic (exact) mass is 314 g/mol. The number of carbonyl (C=O) groups is 1. The third-order valence-corrected chi connectivity index (χ3v) is 5.79. The third-order valence-electron chi connectivity index (χ3n) is 4.57. The van der Waals surface area contributed by atoms with Crippen LogP contribution in [-0.4, -0.2) is 72.6 Å². The highest BCUT2D eigenvalue weighted by atomic mass is 32.2. The average Bonchev–Trinajstić information content (AvgIpc) is 2.46. The molecule has 2 aliphatic rings. The number of hydrogen-bond donors (Lipinski definition) is 0. The largest absolute Gasteiger partial charge is 0.469 e. The van der Waals surface area contributed by atoms with Gasteiger partial charge in [-0.15, -0.1) is 0 Å². The minimum Gasteiger partial charge on any atom is -0.469 e. The average molecular weight is 314 g/mol. The SMILES string of the molecule is COC(=O)C1CCN(CCCN2C[C@H](C)S[C@@H](C)C2)CC1. The lowest BCUT2D eigenvalue weighted by molar-refractivity contribution is -0.147. The zero-order chi connectivity index (χ0) is 15.2. The number of rotatable bonds is 5. The van der Waals surface area contributed by atoms with Crippen LogP contribution in [0, 0.1) is 5.92 Å². The Balaban J connectivity index is 1.60. The number of nitrogens with zero attached hydrogens (tertiary/aromatic N) is 2. The molecule has 0 aromatic rings. The minimum atomic E-state index is -0.0246. The van der Waals surface area contributed by atoms with Crippen molar-refractivity contribution in [1.29, 1.82) is 0 Å². The summed E-state index contributed by atoms with van der Waals surface area (Å²) < 4.78 is 4.84. The lowest BCUT2D eigenvalue weighted by Crippen LogP contribution is -2.42. The molecule has 21 heavy (non-hydrogen) atoms. The molecule has 0 saturated carbocycles. The Morgan fingerprint density at radius 2 is 1.67 bits per heavy atom. The number of piperidine rings is 1. The molecular formula is C16H30N2O2S. The van der Waals surface area contributed by atoms with Gasteiger partial charge in [0.25, 0.3) is 0 Å². The van der Waals surface area contributed by atoms with Gasteiger partial charge in [0, 0.05) is 23.6 Å². The van der Waals surface area contributed by atoms with Crippen LogP contribution in [-0.2, 0) is 9.53 Å². The van der Waals surface area contributed by atoms with E-state index in [1.54, 1.807) is 0 Å². The van der Waals surface area contributed by atoms with Crippen molar-refractivity contribution in [1.82, 2.24) is 9.80 Å². The van der Waals surface area contributed by atoms with E-state index in [-0.39, 0.29) is 11.9 Å². The standard InChI is InChI=1S/C16H30N2O2S/c1-13-11-18(12-14(2)21-13)8-4-7-17-9-5-15(6-10-17)16(19)20-3/h13-15H,4-12H2,1-3H3/t13-,14-/m0/s1. The minimum absolute atomic E-state index is 0.0246. The van der Waals surface area contributed by atoms with Crippen LogP contribution in [0.1, 0.15) is 33.1 Å². The van der Waals surface area contributed by atoms with Crippen LogP contribution >= 0.6 is 11.8 Å². The molecule has 5 heteroatoms. The maximum absolute atomic E-state index is 11.5. The molecule has 2 fully saturated rings. The fourth-order valence-electron chi connectivity index (χ4n) is 3.54. The Kier molecular flexibility index (Phi) is 6.83. The molecule has 0 N–H and O–H groups in total. The molecule has 2 rings (SSSR count). The van der Waals surface area contributed by atoms with Gasteiger partial charge in [0.1, 0.15) is 0 Å². The van der Waals surface area contributed by atoms with Gasteiger partial charge in [0.05, 0.1) is 13.0 Å². The first-order chi connectivity index (χ1) is 10.1. The van der Waals surface area contributed by atoms with Crippen molar-refractivity contribution >= 4 is 17.7 Å². The Morgan fingerprint density at radius 3 is 2.24 bits per heavy atom. The summed E-state index contributed by atoms with van der Waals surface area (Å²) in [7, 11) is 1.49. The van der Waals surface area contributed by atoms with Crippen LogP contribution in [0.4, 0.5) is 0 Å². The molecule has 0 aliphatic carbocycles. The fourth-order valence-corrected chi connectivity index (χ4v) is 4.93. The highest BCUT2D eigenvalue weighted by Gasteiger charge is 2.26. The van der Waals surface area contributed by atoms with Gasteiger partial charge in [0.2, 0.25) is 0 Å². The van der Waals surface area contributed by atoms with Crippen LogP contribution in [0.25, 0.3) is 0 Å². The summed E-state index contributed by atoms with van der Waals surface area (Å²) in [4.78, 5) is 16.6. The number of likely N-dealkylation sites (tertiary alicyclic amines) is 1. The van der Waals surface area contributed by atoms with Gasteiger partial charge in [-0.1, -0.05) is 13.8 Å². The normalized spacial score (nSPS) is 29.5. The number of carbonyl (C=O) groups excluding carboxylic acids is 1. The summed E-state index contributed by atoms with van der Waals surface area (Å²) in [5.41, 5.74) is 0. The molecule has 0 radical (unpaired) electrons. The summed E-state index contributed by atoms with van der Waals surface area (Å²) >= 11 is 2.12. The first-order valence-corrected chi connectivity index (χ1v) is 9.20. The van der Waals surface area contributed by atoms with E-state index in [1.165, 1.54) is 39.7 Å². The Morgan fingerprint density at radius 1 is 1.10 bits per heavy atom. The van der Waals surface area contributed by atoms with Crippen molar-refractivity contribution in [3.63, 3.8) is 0 Å². The topological polar surface area (TPSA) is 32.8 Å². The van der Waals surface area contributed by atoms with Gasteiger partial charge in [-0.3, -0.25) is 4.79 Å². The molecule has 2 saturated heterocycles. The van der Waals surface area contributed by atoms with Crippen LogP contribution in [0.3, 0.4) is 0 Å². The van der Waals surface area contributed by atoms with Crippen molar-refractivity contribution in [3.05, 3.63) is 0 Å². The summed E-state index contributed by atoms with van der Waals surface area (Å²) in [6, 6.07) is 0. The van der Waals surface area contributed by atoms with E-state index in [2.05, 4.69) is 35.4 Å². The van der Waals surface area contributed by atoms with Crippen LogP contribution in [0.2, 0.25) is 0 Å². The fraction of sp³-hybridized carbons (Fsp3) is 0.938. The molecule has 0 aromatic carbocycles. The van der Waals surface area contributed by atoms with E-state index in [0.29, 0.717) is 0 Å². The maximum Gasteiger partial charge on any atom is 0.308 e. The molecule has 0 spiro atoms. The first kappa shape index (κ1) is 17.1. The predicted octanol–water partition coefficient (Wildman–Crippen LogP) is 2.09. The van der Waals surface area contributed by atoms with Crippen molar-refractivity contribution in [2.45, 2.75) is 43.6 Å². The van der Waals surface area contributed by atoms with Crippen molar-refractivity contribution in [3.8, 4) is 0 Å². The van der Waals surface area contributed by atoms with Gasteiger partial charge >= 0.3 is 5.97 Å². The molecule has 2 aliphatic heterocycles. The number of methoxy groups -OCH3 is 1. The first-order valence-electron chi connectivity index (χ1n) is 8.26. The van der Waals surface area contributed by atoms with Gasteiger partial charge in [-0.2, -0.15) is 11.8 Å². The van der Waals surface area contributed by atoms with Crippen molar-refractivity contribution < 1.29 is 9.53 Å². The van der Waals surface area contributed by atoms with Crippen molar-refractivity contribution in [2.75, 3.05) is 46.4 Å². The summed E-state index contributed by atoms with van der Waals surface area (Å²) in [6.07, 6.45) is 3.16. The number of ether oxygens (including phenoxy) is 1. The second kappa shape index (κ2) is 8.39. The summed E-state index contributed by atoms with van der Waals surface area (Å²) in [6.45, 7) is 11.6. The van der Waals surface area contributed by atoms with Gasteiger partial charge in [-0.25, -0.2) is 0 Å². The Bertz CT molecular complexity index is 322. The van der Waals surface area contributed by atoms with E-state index >= 15 is 0 Å². The Hall–Kier alpha value is -0.260. The summed E-state index contributed by atoms with van der Waals surface area (Å²) in [5, 5.41) is 1.54. The third kappa shape index (κ3) is 5.46. The lowest BCUT2D eigenvalue weighted by atomic mass is 9.97. The quantitative estimate of drug-likeness (QED) is 0.726. The Labute approximate surface area is 133 Å². The summed E-state index contributed by atoms with van der Waals surface area (Å²) in [5.74, 6) is 0.107. The molecule has 0 bridgehead atoms. The molecule has 2 atom stereocenters. The number of esters is 1. The maximum atomic E-state index is 11.5. The lowest BCUT2D eigenvalue weighted by Gasteiger charge is -2.35. The predicted molar refractivity (Wildman–Crippen MR) is 88.8 cm³/mol. The zero-order valence-electron chi connectivity index (χ0n) is 13.7. The highest BCUT2D eigenvalue weighted by Crippen LogP contribution is 2.24. The number of hydrogen-bond acceptors (Lipinski definition) is 5. The van der Waals surface area contributed by atoms with E-state index in [9.17, 15) is 4.79 Å². The van der Waals surface area contributed by atoms with Crippen molar-refractivity contribution in [2.24, 2.45) is 5.92 Å². The molecule has 0 amide bonds. The molecular weight excluding hydrogens is 284 g/mol. The second-order valence-corrected chi connectivity index (χ2v) is 8.39. The van der Waals surface area contributed by atoms with Gasteiger partial charge in [0.15, 0.2) is 0 Å².